The molecule has 2 rings (SSSR count). The molecule has 1 aromatic rings. The molecule has 2 heterocycles. The Kier molecular flexibility index (Phi) is 4.12. The van der Waals surface area contributed by atoms with Gasteiger partial charge in [0.1, 0.15) is 0 Å². The van der Waals surface area contributed by atoms with Gasteiger partial charge < -0.3 is 9.63 Å². The molecular weight excluding hydrogens is 218 g/mol. The van der Waals surface area contributed by atoms with Crippen molar-refractivity contribution >= 4 is 0 Å². The van der Waals surface area contributed by atoms with Crippen molar-refractivity contribution in [1.29, 1.82) is 0 Å². The average molecular weight is 239 g/mol. The molecule has 96 valence electrons. The van der Waals surface area contributed by atoms with Gasteiger partial charge in [-0.15, -0.1) is 0 Å². The van der Waals surface area contributed by atoms with E-state index in [9.17, 15) is 5.11 Å². The Morgan fingerprint density at radius 1 is 1.53 bits per heavy atom. The van der Waals surface area contributed by atoms with Crippen molar-refractivity contribution < 1.29 is 9.63 Å². The van der Waals surface area contributed by atoms with Crippen LogP contribution in [0.5, 0.6) is 0 Å². The standard InChI is InChI=1S/C12H21N3O2/c1-3-12-13-11(14-17-12)8-15-7-5-4-6-10(15)9(2)16/h9-10,16H,3-8H2,1-2H3. The van der Waals surface area contributed by atoms with Crippen LogP contribution in [-0.2, 0) is 13.0 Å². The van der Waals surface area contributed by atoms with Gasteiger partial charge in [0.15, 0.2) is 5.82 Å². The topological polar surface area (TPSA) is 62.4 Å². The third-order valence-corrected chi connectivity index (χ3v) is 3.38. The fourth-order valence-corrected chi connectivity index (χ4v) is 2.44. The monoisotopic (exact) mass is 239 g/mol. The summed E-state index contributed by atoms with van der Waals surface area (Å²) in [6.45, 7) is 5.54. The van der Waals surface area contributed by atoms with Crippen molar-refractivity contribution in [1.82, 2.24) is 15.0 Å². The van der Waals surface area contributed by atoms with Crippen LogP contribution in [0, 0.1) is 0 Å². The van der Waals surface area contributed by atoms with E-state index in [1.165, 1.54) is 12.8 Å². The van der Waals surface area contributed by atoms with Gasteiger partial charge in [0.05, 0.1) is 12.6 Å². The Hall–Kier alpha value is -0.940. The van der Waals surface area contributed by atoms with Crippen LogP contribution in [0.2, 0.25) is 0 Å². The van der Waals surface area contributed by atoms with E-state index in [1.807, 2.05) is 13.8 Å². The Labute approximate surface area is 102 Å². The number of hydrogen-bond acceptors (Lipinski definition) is 5. The van der Waals surface area contributed by atoms with Gasteiger partial charge in [0, 0.05) is 12.5 Å². The number of aryl methyl sites for hydroxylation is 1. The van der Waals surface area contributed by atoms with Crippen LogP contribution in [0.1, 0.15) is 44.8 Å². The van der Waals surface area contributed by atoms with E-state index in [2.05, 4.69) is 15.0 Å². The molecule has 0 spiro atoms. The van der Waals surface area contributed by atoms with Gasteiger partial charge in [0.2, 0.25) is 5.89 Å². The highest BCUT2D eigenvalue weighted by Crippen LogP contribution is 2.21. The van der Waals surface area contributed by atoms with Gasteiger partial charge in [-0.2, -0.15) is 4.98 Å². The Bertz CT molecular complexity index is 351. The number of rotatable bonds is 4. The summed E-state index contributed by atoms with van der Waals surface area (Å²) < 4.78 is 5.10. The Morgan fingerprint density at radius 2 is 2.35 bits per heavy atom. The van der Waals surface area contributed by atoms with Crippen LogP contribution in [0.4, 0.5) is 0 Å². The summed E-state index contributed by atoms with van der Waals surface area (Å²) in [5.41, 5.74) is 0. The molecule has 5 nitrogen and oxygen atoms in total. The van der Waals surface area contributed by atoms with E-state index in [0.29, 0.717) is 12.4 Å². The quantitative estimate of drug-likeness (QED) is 0.859. The second-order valence-corrected chi connectivity index (χ2v) is 4.73. The van der Waals surface area contributed by atoms with Crippen molar-refractivity contribution in [3.63, 3.8) is 0 Å². The highest BCUT2D eigenvalue weighted by atomic mass is 16.5. The minimum atomic E-state index is -0.298. The van der Waals surface area contributed by atoms with Gasteiger partial charge in [-0.05, 0) is 26.3 Å². The normalized spacial score (nSPS) is 23.8. The van der Waals surface area contributed by atoms with Crippen LogP contribution >= 0.6 is 0 Å². The second-order valence-electron chi connectivity index (χ2n) is 4.73. The molecule has 5 heteroatoms. The van der Waals surface area contributed by atoms with Gasteiger partial charge in [0.25, 0.3) is 0 Å². The lowest BCUT2D eigenvalue weighted by atomic mass is 9.98. The maximum atomic E-state index is 9.77. The first-order valence-electron chi connectivity index (χ1n) is 6.44. The van der Waals surface area contributed by atoms with Crippen molar-refractivity contribution in [2.45, 2.75) is 58.2 Å². The Balaban J connectivity index is 2.00. The maximum Gasteiger partial charge on any atom is 0.226 e. The second kappa shape index (κ2) is 5.60. The predicted octanol–water partition coefficient (Wildman–Crippen LogP) is 1.37. The summed E-state index contributed by atoms with van der Waals surface area (Å²) in [6, 6.07) is 0.229. The molecule has 2 unspecified atom stereocenters. The van der Waals surface area contributed by atoms with Crippen molar-refractivity contribution in [2.24, 2.45) is 0 Å². The minimum absolute atomic E-state index is 0.229. The summed E-state index contributed by atoms with van der Waals surface area (Å²) in [5, 5.41) is 13.7. The summed E-state index contributed by atoms with van der Waals surface area (Å²) in [4.78, 5) is 6.58. The van der Waals surface area contributed by atoms with Crippen molar-refractivity contribution in [3.05, 3.63) is 11.7 Å². The highest BCUT2D eigenvalue weighted by Gasteiger charge is 2.27. The molecule has 0 saturated carbocycles. The Morgan fingerprint density at radius 3 is 3.00 bits per heavy atom. The SMILES string of the molecule is CCc1nc(CN2CCCCC2C(C)O)no1. The molecule has 1 aliphatic heterocycles. The fraction of sp³-hybridized carbons (Fsp3) is 0.833. The molecule has 1 N–H and O–H groups in total. The van der Waals surface area contributed by atoms with Crippen molar-refractivity contribution in [3.8, 4) is 0 Å². The van der Waals surface area contributed by atoms with Crippen LogP contribution < -0.4 is 0 Å². The zero-order chi connectivity index (χ0) is 12.3. The highest BCUT2D eigenvalue weighted by molar-refractivity contribution is 4.89. The first kappa shape index (κ1) is 12.5. The third-order valence-electron chi connectivity index (χ3n) is 3.38. The van der Waals surface area contributed by atoms with E-state index >= 15 is 0 Å². The third kappa shape index (κ3) is 3.04. The average Bonchev–Trinajstić information content (AvgIpc) is 2.77. The number of piperidine rings is 1. The van der Waals surface area contributed by atoms with E-state index in [0.717, 1.165) is 25.2 Å². The van der Waals surface area contributed by atoms with Gasteiger partial charge >= 0.3 is 0 Å². The van der Waals surface area contributed by atoms with Crippen LogP contribution in [0.15, 0.2) is 4.52 Å². The molecule has 0 aliphatic carbocycles. The summed E-state index contributed by atoms with van der Waals surface area (Å²) >= 11 is 0. The molecule has 0 aromatic carbocycles. The lowest BCUT2D eigenvalue weighted by Gasteiger charge is -2.36. The van der Waals surface area contributed by atoms with Gasteiger partial charge in [-0.25, -0.2) is 0 Å². The molecule has 0 radical (unpaired) electrons. The number of aliphatic hydroxyl groups excluding tert-OH is 1. The molecule has 1 saturated heterocycles. The summed E-state index contributed by atoms with van der Waals surface area (Å²) in [6.07, 6.45) is 3.90. The number of likely N-dealkylation sites (tertiary alicyclic amines) is 1. The van der Waals surface area contributed by atoms with E-state index < -0.39 is 0 Å². The number of aromatic nitrogens is 2. The first-order valence-corrected chi connectivity index (χ1v) is 6.44. The lowest BCUT2D eigenvalue weighted by Crippen LogP contribution is -2.45. The molecule has 0 amide bonds. The zero-order valence-corrected chi connectivity index (χ0v) is 10.6. The van der Waals surface area contributed by atoms with E-state index in [4.69, 9.17) is 4.52 Å². The number of aliphatic hydroxyl groups is 1. The molecule has 17 heavy (non-hydrogen) atoms. The zero-order valence-electron chi connectivity index (χ0n) is 10.6. The molecule has 1 aliphatic rings. The summed E-state index contributed by atoms with van der Waals surface area (Å²) in [7, 11) is 0. The molecular formula is C12H21N3O2. The number of nitrogens with zero attached hydrogens (tertiary/aromatic N) is 3. The lowest BCUT2D eigenvalue weighted by molar-refractivity contribution is 0.0298. The van der Waals surface area contributed by atoms with Gasteiger partial charge in [-0.1, -0.05) is 18.5 Å². The van der Waals surface area contributed by atoms with Crippen molar-refractivity contribution in [2.75, 3.05) is 6.54 Å². The molecule has 1 fully saturated rings. The smallest absolute Gasteiger partial charge is 0.226 e. The van der Waals surface area contributed by atoms with E-state index in [-0.39, 0.29) is 12.1 Å². The molecule has 1 aromatic heterocycles. The van der Waals surface area contributed by atoms with Gasteiger partial charge in [-0.3, -0.25) is 4.90 Å². The van der Waals surface area contributed by atoms with E-state index in [1.54, 1.807) is 0 Å². The fourth-order valence-electron chi connectivity index (χ4n) is 2.44. The maximum absolute atomic E-state index is 9.77. The van der Waals surface area contributed by atoms with Crippen LogP contribution in [-0.4, -0.2) is 38.8 Å². The molecule has 0 bridgehead atoms. The molecule has 2 atom stereocenters. The van der Waals surface area contributed by atoms with Crippen LogP contribution in [0.3, 0.4) is 0 Å². The first-order chi connectivity index (χ1) is 8.20. The summed E-state index contributed by atoms with van der Waals surface area (Å²) in [5.74, 6) is 1.42. The largest absolute Gasteiger partial charge is 0.392 e. The predicted molar refractivity (Wildman–Crippen MR) is 63.4 cm³/mol. The van der Waals surface area contributed by atoms with Crippen LogP contribution in [0.25, 0.3) is 0 Å². The minimum Gasteiger partial charge on any atom is -0.392 e. The number of hydrogen-bond donors (Lipinski definition) is 1.